The van der Waals surface area contributed by atoms with Gasteiger partial charge in [0.25, 0.3) is 0 Å². The molecule has 3 N–H and O–H groups in total. The second-order valence-corrected chi connectivity index (χ2v) is 5.98. The highest BCUT2D eigenvalue weighted by Crippen LogP contribution is 2.46. The smallest absolute Gasteiger partial charge is 0.336 e. The Bertz CT molecular complexity index is 809. The quantitative estimate of drug-likeness (QED) is 0.759. The summed E-state index contributed by atoms with van der Waals surface area (Å²) in [6.45, 7) is -0.0956. The minimum absolute atomic E-state index is 0.0956. The molecule has 5 heteroatoms. The number of benzene rings is 2. The Balaban J connectivity index is 2.01. The van der Waals surface area contributed by atoms with Crippen molar-refractivity contribution < 1.29 is 24.9 Å². The summed E-state index contributed by atoms with van der Waals surface area (Å²) in [6, 6.07) is 10.9. The monoisotopic (exact) mass is 326 g/mol. The third-order valence-electron chi connectivity index (χ3n) is 4.50. The molecule has 124 valence electrons. The highest BCUT2D eigenvalue weighted by molar-refractivity contribution is 5.99. The van der Waals surface area contributed by atoms with Crippen LogP contribution in [0.4, 0.5) is 0 Å². The predicted molar refractivity (Wildman–Crippen MR) is 88.3 cm³/mol. The van der Waals surface area contributed by atoms with Gasteiger partial charge in [0, 0.05) is 17.9 Å². The van der Waals surface area contributed by atoms with Crippen molar-refractivity contribution in [2.24, 2.45) is 0 Å². The summed E-state index contributed by atoms with van der Waals surface area (Å²) in [7, 11) is 0. The van der Waals surface area contributed by atoms with Crippen molar-refractivity contribution in [3.8, 4) is 11.1 Å². The van der Waals surface area contributed by atoms with Crippen molar-refractivity contribution in [3.63, 3.8) is 0 Å². The molecule has 1 aliphatic carbocycles. The van der Waals surface area contributed by atoms with Crippen LogP contribution in [0.3, 0.4) is 0 Å². The summed E-state index contributed by atoms with van der Waals surface area (Å²) in [5, 5.41) is 28.0. The van der Waals surface area contributed by atoms with Gasteiger partial charge in [-0.1, -0.05) is 30.3 Å². The molecule has 0 heterocycles. The maximum absolute atomic E-state index is 11.5. The number of aliphatic hydroxyl groups excluding tert-OH is 1. The Kier molecular flexibility index (Phi) is 4.36. The van der Waals surface area contributed by atoms with E-state index in [-0.39, 0.29) is 24.5 Å². The third-order valence-corrected chi connectivity index (χ3v) is 4.50. The van der Waals surface area contributed by atoms with E-state index in [0.717, 1.165) is 22.3 Å². The second kappa shape index (κ2) is 6.45. The van der Waals surface area contributed by atoms with Gasteiger partial charge < -0.3 is 15.3 Å². The zero-order valence-electron chi connectivity index (χ0n) is 13.0. The molecule has 0 fully saturated rings. The molecule has 3 rings (SSSR count). The summed E-state index contributed by atoms with van der Waals surface area (Å²) in [5.74, 6) is -2.04. The maximum atomic E-state index is 11.5. The number of aliphatic hydroxyl groups is 1. The van der Waals surface area contributed by atoms with Crippen LogP contribution < -0.4 is 0 Å². The molecule has 0 aromatic heterocycles. The topological polar surface area (TPSA) is 94.8 Å². The Morgan fingerprint density at radius 1 is 1.04 bits per heavy atom. The molecular formula is C19H18O5. The van der Waals surface area contributed by atoms with Crippen molar-refractivity contribution in [2.45, 2.75) is 25.2 Å². The summed E-state index contributed by atoms with van der Waals surface area (Å²) in [5.41, 5.74) is 4.49. The molecule has 0 radical (unpaired) electrons. The van der Waals surface area contributed by atoms with Gasteiger partial charge in [0.05, 0.1) is 12.2 Å². The van der Waals surface area contributed by atoms with Gasteiger partial charge >= 0.3 is 11.9 Å². The van der Waals surface area contributed by atoms with Gasteiger partial charge in [-0.25, -0.2) is 4.79 Å². The molecule has 2 aromatic carbocycles. The van der Waals surface area contributed by atoms with Gasteiger partial charge in [0.15, 0.2) is 0 Å². The molecule has 0 bridgehead atoms. The van der Waals surface area contributed by atoms with E-state index in [9.17, 15) is 19.8 Å². The molecule has 1 aliphatic rings. The van der Waals surface area contributed by atoms with Crippen LogP contribution in [0, 0.1) is 0 Å². The Hall–Kier alpha value is -2.66. The summed E-state index contributed by atoms with van der Waals surface area (Å²) >= 11 is 0. The number of hydrogen-bond acceptors (Lipinski definition) is 3. The molecule has 0 saturated carbocycles. The van der Waals surface area contributed by atoms with Crippen molar-refractivity contribution >= 4 is 11.9 Å². The number of carboxylic acids is 2. The van der Waals surface area contributed by atoms with Crippen LogP contribution in [0.15, 0.2) is 36.4 Å². The van der Waals surface area contributed by atoms with Crippen LogP contribution in [-0.4, -0.2) is 33.9 Å². The second-order valence-electron chi connectivity index (χ2n) is 5.98. The predicted octanol–water partition coefficient (Wildman–Crippen LogP) is 2.90. The zero-order chi connectivity index (χ0) is 17.3. The van der Waals surface area contributed by atoms with Gasteiger partial charge in [0.1, 0.15) is 0 Å². The lowest BCUT2D eigenvalue weighted by molar-refractivity contribution is -0.137. The highest BCUT2D eigenvalue weighted by Gasteiger charge is 2.31. The summed E-state index contributed by atoms with van der Waals surface area (Å²) in [6.07, 6.45) is 1.30. The number of carboxylic acid groups (broad SMARTS) is 2. The molecule has 24 heavy (non-hydrogen) atoms. The Morgan fingerprint density at radius 2 is 1.83 bits per heavy atom. The number of aryl methyl sites for hydroxylation is 1. The van der Waals surface area contributed by atoms with Crippen molar-refractivity contribution in [1.82, 2.24) is 0 Å². The van der Waals surface area contributed by atoms with Crippen molar-refractivity contribution in [1.29, 1.82) is 0 Å². The van der Waals surface area contributed by atoms with Crippen molar-refractivity contribution in [3.05, 3.63) is 58.7 Å². The summed E-state index contributed by atoms with van der Waals surface area (Å²) in [4.78, 5) is 22.2. The minimum atomic E-state index is -0.984. The van der Waals surface area contributed by atoms with Crippen LogP contribution in [-0.2, 0) is 11.2 Å². The standard InChI is InChI=1S/C19H18O5/c20-10-16-12-4-2-5-14(19(23)24)18(12)13-8-7-11(9-15(13)16)3-1-6-17(21)22/h2,4-5,7-9,16,20H,1,3,6,10H2,(H,21,22)(H,23,24). The first-order chi connectivity index (χ1) is 11.5. The van der Waals surface area contributed by atoms with Gasteiger partial charge in [-0.15, -0.1) is 0 Å². The molecule has 0 spiro atoms. The zero-order valence-corrected chi connectivity index (χ0v) is 13.0. The lowest BCUT2D eigenvalue weighted by Gasteiger charge is -2.11. The SMILES string of the molecule is O=C(O)CCCc1ccc2c(c1)C(CO)c1cccc(C(=O)O)c1-2. The number of carbonyl (C=O) groups is 2. The molecule has 0 amide bonds. The molecule has 1 atom stereocenters. The van der Waals surface area contributed by atoms with Gasteiger partial charge in [-0.05, 0) is 41.2 Å². The highest BCUT2D eigenvalue weighted by atomic mass is 16.4. The minimum Gasteiger partial charge on any atom is -0.481 e. The molecule has 0 saturated heterocycles. The van der Waals surface area contributed by atoms with E-state index in [4.69, 9.17) is 5.11 Å². The van der Waals surface area contributed by atoms with Gasteiger partial charge in [0.2, 0.25) is 0 Å². The van der Waals surface area contributed by atoms with E-state index in [1.54, 1.807) is 12.1 Å². The lowest BCUT2D eigenvalue weighted by atomic mass is 9.95. The fraction of sp³-hybridized carbons (Fsp3) is 0.263. The number of fused-ring (bicyclic) bond motifs is 3. The van der Waals surface area contributed by atoms with Crippen LogP contribution in [0.5, 0.6) is 0 Å². The van der Waals surface area contributed by atoms with E-state index in [2.05, 4.69) is 0 Å². The van der Waals surface area contributed by atoms with E-state index in [1.807, 2.05) is 24.3 Å². The fourth-order valence-electron chi connectivity index (χ4n) is 3.43. The average molecular weight is 326 g/mol. The first-order valence-electron chi connectivity index (χ1n) is 7.85. The van der Waals surface area contributed by atoms with E-state index >= 15 is 0 Å². The number of aromatic carboxylic acids is 1. The first-order valence-corrected chi connectivity index (χ1v) is 7.85. The van der Waals surface area contributed by atoms with E-state index in [1.165, 1.54) is 0 Å². The fourth-order valence-corrected chi connectivity index (χ4v) is 3.43. The van der Waals surface area contributed by atoms with Crippen LogP contribution >= 0.6 is 0 Å². The number of rotatable bonds is 6. The molecule has 0 aliphatic heterocycles. The summed E-state index contributed by atoms with van der Waals surface area (Å²) < 4.78 is 0. The van der Waals surface area contributed by atoms with Gasteiger partial charge in [-0.2, -0.15) is 0 Å². The lowest BCUT2D eigenvalue weighted by Crippen LogP contribution is -2.04. The molecular weight excluding hydrogens is 308 g/mol. The van der Waals surface area contributed by atoms with Crippen LogP contribution in [0.1, 0.15) is 45.8 Å². The average Bonchev–Trinajstić information content (AvgIpc) is 2.87. The van der Waals surface area contributed by atoms with E-state index in [0.29, 0.717) is 18.4 Å². The largest absolute Gasteiger partial charge is 0.481 e. The molecule has 2 aromatic rings. The van der Waals surface area contributed by atoms with Gasteiger partial charge in [-0.3, -0.25) is 4.79 Å². The first kappa shape index (κ1) is 16.2. The van der Waals surface area contributed by atoms with Crippen LogP contribution in [0.25, 0.3) is 11.1 Å². The number of aliphatic carboxylic acids is 1. The molecule has 5 nitrogen and oxygen atoms in total. The van der Waals surface area contributed by atoms with E-state index < -0.39 is 11.9 Å². The number of hydrogen-bond donors (Lipinski definition) is 3. The van der Waals surface area contributed by atoms with Crippen LogP contribution in [0.2, 0.25) is 0 Å². The molecule has 1 unspecified atom stereocenters. The third kappa shape index (κ3) is 2.78. The van der Waals surface area contributed by atoms with Crippen molar-refractivity contribution in [2.75, 3.05) is 6.61 Å². The maximum Gasteiger partial charge on any atom is 0.336 e. The Morgan fingerprint density at radius 3 is 2.50 bits per heavy atom. The normalized spacial score (nSPS) is 15.0. The Labute approximate surface area is 139 Å².